The smallest absolute Gasteiger partial charge is 0.254 e. The van der Waals surface area contributed by atoms with E-state index < -0.39 is 0 Å². The molecule has 1 atom stereocenters. The molecule has 0 radical (unpaired) electrons. The van der Waals surface area contributed by atoms with Gasteiger partial charge < -0.3 is 9.80 Å². The highest BCUT2D eigenvalue weighted by atomic mass is 35.5. The molecule has 1 aliphatic heterocycles. The number of aromatic nitrogens is 4. The Morgan fingerprint density at radius 3 is 2.56 bits per heavy atom. The molecule has 4 aromatic rings. The third-order valence-corrected chi connectivity index (χ3v) is 8.30. The number of carbonyl (C=O) groups is 1. The van der Waals surface area contributed by atoms with Gasteiger partial charge in [0, 0.05) is 42.5 Å². The van der Waals surface area contributed by atoms with Crippen molar-refractivity contribution in [1.29, 1.82) is 0 Å². The van der Waals surface area contributed by atoms with Crippen molar-refractivity contribution >= 4 is 51.6 Å². The minimum Gasteiger partial charge on any atom is -0.338 e. The monoisotopic (exact) mass is 522 g/mol. The van der Waals surface area contributed by atoms with Gasteiger partial charge in [0.2, 0.25) is 5.95 Å². The Kier molecular flexibility index (Phi) is 6.21. The van der Waals surface area contributed by atoms with Crippen LogP contribution in [0.25, 0.3) is 16.6 Å². The quantitative estimate of drug-likeness (QED) is 0.331. The third kappa shape index (κ3) is 4.08. The Bertz CT molecular complexity index is 1450. The lowest BCUT2D eigenvalue weighted by molar-refractivity contribution is 0.0673. The standard InChI is InChI=1S/C27H28Cl2N6O/c1-17-16-33(13-14-34(17)26(36)19-11-12-21(28)22(29)15-19)27-30-23-10-6-5-9-20(23)25-32-31-24(35(25)27)18-7-3-2-4-8-18/h5-6,9-12,15,17-18H,2-4,7-8,13-14,16H2,1H3/t17-/m0/s1. The molecule has 9 heteroatoms. The summed E-state index contributed by atoms with van der Waals surface area (Å²) in [4.78, 5) is 22.6. The summed E-state index contributed by atoms with van der Waals surface area (Å²) < 4.78 is 2.18. The molecule has 6 rings (SSSR count). The molecule has 1 saturated heterocycles. The molecule has 2 aromatic carbocycles. The molecule has 2 aliphatic rings. The first-order chi connectivity index (χ1) is 17.5. The van der Waals surface area contributed by atoms with Crippen LogP contribution in [0.2, 0.25) is 10.0 Å². The van der Waals surface area contributed by atoms with Gasteiger partial charge >= 0.3 is 0 Å². The van der Waals surface area contributed by atoms with Crippen LogP contribution in [0.4, 0.5) is 5.95 Å². The number of rotatable bonds is 3. The van der Waals surface area contributed by atoms with Crippen molar-refractivity contribution in [2.45, 2.75) is 51.0 Å². The zero-order chi connectivity index (χ0) is 24.8. The zero-order valence-corrected chi connectivity index (χ0v) is 21.7. The largest absolute Gasteiger partial charge is 0.338 e. The van der Waals surface area contributed by atoms with Gasteiger partial charge in [-0.25, -0.2) is 9.38 Å². The van der Waals surface area contributed by atoms with Crippen molar-refractivity contribution in [3.05, 3.63) is 63.9 Å². The molecule has 7 nitrogen and oxygen atoms in total. The maximum absolute atomic E-state index is 13.3. The highest BCUT2D eigenvalue weighted by Crippen LogP contribution is 2.35. The van der Waals surface area contributed by atoms with Crippen LogP contribution in [-0.4, -0.2) is 56.1 Å². The van der Waals surface area contributed by atoms with E-state index in [4.69, 9.17) is 33.3 Å². The van der Waals surface area contributed by atoms with E-state index in [-0.39, 0.29) is 11.9 Å². The number of para-hydroxylation sites is 1. The minimum atomic E-state index is -0.0375. The van der Waals surface area contributed by atoms with Gasteiger partial charge in [-0.05, 0) is 50.1 Å². The molecule has 0 unspecified atom stereocenters. The molecule has 186 valence electrons. The van der Waals surface area contributed by atoms with Crippen LogP contribution in [0.5, 0.6) is 0 Å². The number of anilines is 1. The molecule has 1 amide bonds. The number of piperazine rings is 1. The number of halogens is 2. The molecule has 36 heavy (non-hydrogen) atoms. The highest BCUT2D eigenvalue weighted by Gasteiger charge is 2.32. The number of amides is 1. The fraction of sp³-hybridized carbons (Fsp3) is 0.407. The van der Waals surface area contributed by atoms with Gasteiger partial charge in [0.1, 0.15) is 5.82 Å². The van der Waals surface area contributed by atoms with Crippen LogP contribution >= 0.6 is 23.2 Å². The summed E-state index contributed by atoms with van der Waals surface area (Å²) in [5.74, 6) is 2.23. The summed E-state index contributed by atoms with van der Waals surface area (Å²) in [5, 5.41) is 11.2. The minimum absolute atomic E-state index is 0.0152. The van der Waals surface area contributed by atoms with E-state index in [0.29, 0.717) is 41.2 Å². The number of nitrogens with zero attached hydrogens (tertiary/aromatic N) is 6. The first-order valence-electron chi connectivity index (χ1n) is 12.7. The summed E-state index contributed by atoms with van der Waals surface area (Å²) >= 11 is 12.2. The number of benzene rings is 2. The first kappa shape index (κ1) is 23.5. The number of hydrogen-bond acceptors (Lipinski definition) is 5. The van der Waals surface area contributed by atoms with Gasteiger partial charge in [-0.1, -0.05) is 54.6 Å². The van der Waals surface area contributed by atoms with E-state index in [1.54, 1.807) is 18.2 Å². The summed E-state index contributed by atoms with van der Waals surface area (Å²) in [6, 6.07) is 13.2. The van der Waals surface area contributed by atoms with Crippen molar-refractivity contribution in [1.82, 2.24) is 24.5 Å². The van der Waals surface area contributed by atoms with Gasteiger partial charge in [0.05, 0.1) is 15.6 Å². The Balaban J connectivity index is 1.35. The van der Waals surface area contributed by atoms with Gasteiger partial charge in [-0.15, -0.1) is 10.2 Å². The predicted molar refractivity (Wildman–Crippen MR) is 143 cm³/mol. The van der Waals surface area contributed by atoms with E-state index in [1.807, 2.05) is 23.1 Å². The summed E-state index contributed by atoms with van der Waals surface area (Å²) in [5.41, 5.74) is 2.32. The second-order valence-electron chi connectivity index (χ2n) is 9.90. The van der Waals surface area contributed by atoms with Crippen LogP contribution in [0.15, 0.2) is 42.5 Å². The maximum Gasteiger partial charge on any atom is 0.254 e. The van der Waals surface area contributed by atoms with Crippen LogP contribution in [0.3, 0.4) is 0 Å². The molecule has 0 spiro atoms. The molecule has 3 heterocycles. The van der Waals surface area contributed by atoms with Crippen molar-refractivity contribution in [3.63, 3.8) is 0 Å². The average molecular weight is 523 g/mol. The molecule has 2 fully saturated rings. The van der Waals surface area contributed by atoms with Gasteiger partial charge in [0.15, 0.2) is 5.65 Å². The van der Waals surface area contributed by atoms with Crippen molar-refractivity contribution < 1.29 is 4.79 Å². The van der Waals surface area contributed by atoms with E-state index in [9.17, 15) is 4.79 Å². The van der Waals surface area contributed by atoms with Crippen molar-refractivity contribution in [3.8, 4) is 0 Å². The Hall–Kier alpha value is -2.90. The van der Waals surface area contributed by atoms with Gasteiger partial charge in [-0.2, -0.15) is 0 Å². The topological polar surface area (TPSA) is 66.6 Å². The number of fused-ring (bicyclic) bond motifs is 3. The molecule has 0 bridgehead atoms. The zero-order valence-electron chi connectivity index (χ0n) is 20.2. The number of carbonyl (C=O) groups excluding carboxylic acids is 1. The molecule has 2 aromatic heterocycles. The summed E-state index contributed by atoms with van der Waals surface area (Å²) in [6.07, 6.45) is 6.00. The second-order valence-corrected chi connectivity index (χ2v) is 10.7. The van der Waals surface area contributed by atoms with Crippen molar-refractivity contribution in [2.75, 3.05) is 24.5 Å². The van der Waals surface area contributed by atoms with E-state index >= 15 is 0 Å². The van der Waals surface area contributed by atoms with Crippen LogP contribution in [0.1, 0.15) is 61.1 Å². The second kappa shape index (κ2) is 9.52. The molecular weight excluding hydrogens is 495 g/mol. The normalized spacial score (nSPS) is 19.4. The van der Waals surface area contributed by atoms with Crippen LogP contribution < -0.4 is 4.90 Å². The van der Waals surface area contributed by atoms with Gasteiger partial charge in [0.25, 0.3) is 5.91 Å². The lowest BCUT2D eigenvalue weighted by Gasteiger charge is -2.40. The Morgan fingerprint density at radius 1 is 0.972 bits per heavy atom. The first-order valence-corrected chi connectivity index (χ1v) is 13.4. The number of hydrogen-bond donors (Lipinski definition) is 0. The van der Waals surface area contributed by atoms with Crippen molar-refractivity contribution in [2.24, 2.45) is 0 Å². The van der Waals surface area contributed by atoms with E-state index in [1.165, 1.54) is 19.3 Å². The van der Waals surface area contributed by atoms with Crippen LogP contribution in [0, 0.1) is 0 Å². The molecule has 1 saturated carbocycles. The molecule has 1 aliphatic carbocycles. The molecule has 0 N–H and O–H groups in total. The lowest BCUT2D eigenvalue weighted by atomic mass is 9.89. The van der Waals surface area contributed by atoms with E-state index in [0.717, 1.165) is 41.2 Å². The highest BCUT2D eigenvalue weighted by molar-refractivity contribution is 6.42. The SMILES string of the molecule is C[C@H]1CN(c2nc3ccccc3c3nnc(C4CCCCC4)n23)CCN1C(=O)c1ccc(Cl)c(Cl)c1. The summed E-state index contributed by atoms with van der Waals surface area (Å²) in [7, 11) is 0. The third-order valence-electron chi connectivity index (χ3n) is 7.56. The fourth-order valence-corrected chi connectivity index (χ4v) is 5.96. The lowest BCUT2D eigenvalue weighted by Crippen LogP contribution is -2.54. The fourth-order valence-electron chi connectivity index (χ4n) is 5.66. The predicted octanol–water partition coefficient (Wildman–Crippen LogP) is 5.98. The van der Waals surface area contributed by atoms with E-state index in [2.05, 4.69) is 27.4 Å². The van der Waals surface area contributed by atoms with Crippen LogP contribution in [-0.2, 0) is 0 Å². The van der Waals surface area contributed by atoms with Gasteiger partial charge in [-0.3, -0.25) is 4.79 Å². The Morgan fingerprint density at radius 2 is 1.78 bits per heavy atom. The maximum atomic E-state index is 13.3. The molecular formula is C27H28Cl2N6O. The Labute approximate surface area is 220 Å². The average Bonchev–Trinajstić information content (AvgIpc) is 3.35. The summed E-state index contributed by atoms with van der Waals surface area (Å²) in [6.45, 7) is 3.99.